The molecule has 0 bridgehead atoms. The Kier molecular flexibility index (Phi) is 3.05. The van der Waals surface area contributed by atoms with Crippen molar-refractivity contribution in [2.75, 3.05) is 33.2 Å². The summed E-state index contributed by atoms with van der Waals surface area (Å²) in [7, 11) is 2.12. The lowest BCUT2D eigenvalue weighted by atomic mass is 10.1. The second-order valence-corrected chi connectivity index (χ2v) is 4.00. The normalized spacial score (nSPS) is 21.1. The third kappa shape index (κ3) is 2.20. The largest absolute Gasteiger partial charge is 0.363 e. The molecule has 1 aliphatic heterocycles. The summed E-state index contributed by atoms with van der Waals surface area (Å²) in [5.74, 6) is 0. The van der Waals surface area contributed by atoms with Crippen LogP contribution in [-0.4, -0.2) is 48.0 Å². The van der Waals surface area contributed by atoms with Crippen molar-refractivity contribution in [3.05, 3.63) is 24.0 Å². The maximum atomic E-state index is 9.19. The highest BCUT2D eigenvalue weighted by Gasteiger charge is 2.23. The number of nitrogens with zero attached hydrogens (tertiary/aromatic N) is 3. The molecule has 2 rings (SSSR count). The van der Waals surface area contributed by atoms with Gasteiger partial charge in [0.15, 0.2) is 0 Å². The lowest BCUT2D eigenvalue weighted by Gasteiger charge is -2.34. The van der Waals surface area contributed by atoms with Gasteiger partial charge in [-0.05, 0) is 19.2 Å². The lowest BCUT2D eigenvalue weighted by Crippen LogP contribution is -2.45. The number of likely N-dealkylation sites (N-methyl/N-ethyl adjacent to an activating group) is 1. The van der Waals surface area contributed by atoms with Crippen LogP contribution in [0.3, 0.4) is 0 Å². The van der Waals surface area contributed by atoms with Gasteiger partial charge in [0.25, 0.3) is 0 Å². The fraction of sp³-hybridized carbons (Fsp3) is 0.545. The van der Waals surface area contributed by atoms with Crippen LogP contribution in [0, 0.1) is 11.3 Å². The van der Waals surface area contributed by atoms with E-state index in [4.69, 9.17) is 0 Å². The minimum Gasteiger partial charge on any atom is -0.363 e. The second-order valence-electron chi connectivity index (χ2n) is 4.00. The van der Waals surface area contributed by atoms with Gasteiger partial charge in [0.05, 0.1) is 6.07 Å². The number of H-pyrrole nitrogens is 1. The highest BCUT2D eigenvalue weighted by molar-refractivity contribution is 5.16. The molecule has 4 nitrogen and oxygen atoms in total. The minimum absolute atomic E-state index is 0.117. The Morgan fingerprint density at radius 3 is 2.67 bits per heavy atom. The molecule has 1 aliphatic rings. The molecule has 0 aliphatic carbocycles. The van der Waals surface area contributed by atoms with Gasteiger partial charge in [-0.2, -0.15) is 5.26 Å². The van der Waals surface area contributed by atoms with Gasteiger partial charge in [-0.3, -0.25) is 4.90 Å². The lowest BCUT2D eigenvalue weighted by molar-refractivity contribution is 0.131. The Hall–Kier alpha value is -1.31. The zero-order chi connectivity index (χ0) is 10.7. The molecular weight excluding hydrogens is 188 g/mol. The number of aromatic amines is 1. The van der Waals surface area contributed by atoms with E-state index in [1.807, 2.05) is 18.3 Å². The molecule has 0 spiro atoms. The van der Waals surface area contributed by atoms with E-state index in [1.165, 1.54) is 0 Å². The van der Waals surface area contributed by atoms with Crippen molar-refractivity contribution in [3.8, 4) is 6.07 Å². The van der Waals surface area contributed by atoms with Crippen LogP contribution < -0.4 is 0 Å². The zero-order valence-electron chi connectivity index (χ0n) is 8.98. The van der Waals surface area contributed by atoms with Crippen LogP contribution in [0.2, 0.25) is 0 Å². The summed E-state index contributed by atoms with van der Waals surface area (Å²) in [6, 6.07) is 6.17. The smallest absolute Gasteiger partial charge is 0.138 e. The molecule has 1 unspecified atom stereocenters. The van der Waals surface area contributed by atoms with Gasteiger partial charge in [-0.15, -0.1) is 0 Å². The number of piperazine rings is 1. The zero-order valence-corrected chi connectivity index (χ0v) is 8.98. The van der Waals surface area contributed by atoms with E-state index in [0.717, 1.165) is 31.9 Å². The predicted molar refractivity (Wildman–Crippen MR) is 58.2 cm³/mol. The quantitative estimate of drug-likeness (QED) is 0.776. The van der Waals surface area contributed by atoms with Gasteiger partial charge in [0.2, 0.25) is 0 Å². The van der Waals surface area contributed by atoms with Crippen LogP contribution in [0.5, 0.6) is 0 Å². The van der Waals surface area contributed by atoms with E-state index < -0.39 is 0 Å². The molecule has 1 saturated heterocycles. The number of rotatable bonds is 2. The van der Waals surface area contributed by atoms with Crippen molar-refractivity contribution in [3.63, 3.8) is 0 Å². The summed E-state index contributed by atoms with van der Waals surface area (Å²) in [5.41, 5.74) is 1.00. The van der Waals surface area contributed by atoms with E-state index in [9.17, 15) is 5.26 Å². The number of aromatic nitrogens is 1. The highest BCUT2D eigenvalue weighted by atomic mass is 15.3. The Balaban J connectivity index is 2.05. The Morgan fingerprint density at radius 2 is 2.13 bits per heavy atom. The first-order valence-electron chi connectivity index (χ1n) is 5.27. The Labute approximate surface area is 90.1 Å². The van der Waals surface area contributed by atoms with Gasteiger partial charge in [0, 0.05) is 38.1 Å². The van der Waals surface area contributed by atoms with Crippen molar-refractivity contribution >= 4 is 0 Å². The molecule has 1 N–H and O–H groups in total. The fourth-order valence-electron chi connectivity index (χ4n) is 1.94. The molecule has 0 saturated carbocycles. The third-order valence-electron chi connectivity index (χ3n) is 2.94. The average Bonchev–Trinajstić information content (AvgIpc) is 2.75. The van der Waals surface area contributed by atoms with Crippen LogP contribution in [0.4, 0.5) is 0 Å². The summed E-state index contributed by atoms with van der Waals surface area (Å²) in [5, 5.41) is 9.19. The number of hydrogen-bond acceptors (Lipinski definition) is 3. The van der Waals surface area contributed by atoms with Crippen LogP contribution in [0.15, 0.2) is 18.3 Å². The molecule has 1 aromatic rings. The first-order chi connectivity index (χ1) is 7.31. The van der Waals surface area contributed by atoms with Crippen molar-refractivity contribution in [2.24, 2.45) is 0 Å². The SMILES string of the molecule is CN1CCN(C(C#N)c2ccc[nH]2)CC1. The monoisotopic (exact) mass is 204 g/mol. The summed E-state index contributed by atoms with van der Waals surface area (Å²) < 4.78 is 0. The van der Waals surface area contributed by atoms with E-state index >= 15 is 0 Å². The van der Waals surface area contributed by atoms with E-state index in [1.54, 1.807) is 0 Å². The first kappa shape index (κ1) is 10.2. The molecule has 15 heavy (non-hydrogen) atoms. The number of nitrogens with one attached hydrogen (secondary N) is 1. The first-order valence-corrected chi connectivity index (χ1v) is 5.27. The summed E-state index contributed by atoms with van der Waals surface area (Å²) in [6.07, 6.45) is 1.87. The third-order valence-corrected chi connectivity index (χ3v) is 2.94. The van der Waals surface area contributed by atoms with Crippen LogP contribution in [0.25, 0.3) is 0 Å². The van der Waals surface area contributed by atoms with Crippen molar-refractivity contribution < 1.29 is 0 Å². The highest BCUT2D eigenvalue weighted by Crippen LogP contribution is 2.19. The van der Waals surface area contributed by atoms with Crippen LogP contribution >= 0.6 is 0 Å². The molecule has 2 heterocycles. The summed E-state index contributed by atoms with van der Waals surface area (Å²) >= 11 is 0. The standard InChI is InChI=1S/C11H16N4/c1-14-5-7-15(8-6-14)11(9-12)10-3-2-4-13-10/h2-4,11,13H,5-8H2,1H3. The van der Waals surface area contributed by atoms with E-state index in [0.29, 0.717) is 0 Å². The van der Waals surface area contributed by atoms with Crippen molar-refractivity contribution in [1.82, 2.24) is 14.8 Å². The molecule has 4 heteroatoms. The molecule has 1 fully saturated rings. The maximum absolute atomic E-state index is 9.19. The maximum Gasteiger partial charge on any atom is 0.138 e. The van der Waals surface area contributed by atoms with Gasteiger partial charge in [-0.25, -0.2) is 0 Å². The second kappa shape index (κ2) is 4.47. The van der Waals surface area contributed by atoms with E-state index in [2.05, 4.69) is 27.9 Å². The number of hydrogen-bond donors (Lipinski definition) is 1. The Morgan fingerprint density at radius 1 is 1.40 bits per heavy atom. The average molecular weight is 204 g/mol. The summed E-state index contributed by atoms with van der Waals surface area (Å²) in [4.78, 5) is 7.64. The molecule has 80 valence electrons. The molecule has 0 amide bonds. The molecule has 0 aromatic carbocycles. The van der Waals surface area contributed by atoms with E-state index in [-0.39, 0.29) is 6.04 Å². The van der Waals surface area contributed by atoms with Gasteiger partial charge in [0.1, 0.15) is 6.04 Å². The topological polar surface area (TPSA) is 46.1 Å². The van der Waals surface area contributed by atoms with Gasteiger partial charge in [-0.1, -0.05) is 0 Å². The molecule has 1 atom stereocenters. The Bertz CT molecular complexity index is 330. The fourth-order valence-corrected chi connectivity index (χ4v) is 1.94. The molecule has 0 radical (unpaired) electrons. The van der Waals surface area contributed by atoms with Gasteiger partial charge < -0.3 is 9.88 Å². The van der Waals surface area contributed by atoms with Crippen molar-refractivity contribution in [1.29, 1.82) is 5.26 Å². The molecule has 1 aromatic heterocycles. The predicted octanol–water partition coefficient (Wildman–Crippen LogP) is 0.827. The van der Waals surface area contributed by atoms with Crippen LogP contribution in [0.1, 0.15) is 11.7 Å². The summed E-state index contributed by atoms with van der Waals surface area (Å²) in [6.45, 7) is 4.01. The van der Waals surface area contributed by atoms with Crippen molar-refractivity contribution in [2.45, 2.75) is 6.04 Å². The van der Waals surface area contributed by atoms with Gasteiger partial charge >= 0.3 is 0 Å². The molecular formula is C11H16N4. The van der Waals surface area contributed by atoms with Crippen LogP contribution in [-0.2, 0) is 0 Å². The minimum atomic E-state index is -0.117. The number of nitriles is 1.